The van der Waals surface area contributed by atoms with Gasteiger partial charge in [-0.3, -0.25) is 0 Å². The van der Waals surface area contributed by atoms with E-state index in [1.165, 1.54) is 0 Å². The van der Waals surface area contributed by atoms with E-state index in [9.17, 15) is 18.0 Å². The molecule has 2 rings (SSSR count). The Morgan fingerprint density at radius 3 is 2.52 bits per heavy atom. The number of halogens is 3. The van der Waals surface area contributed by atoms with Crippen LogP contribution in [0.3, 0.4) is 0 Å². The van der Waals surface area contributed by atoms with Gasteiger partial charge in [-0.25, -0.2) is 4.79 Å². The van der Waals surface area contributed by atoms with Crippen LogP contribution < -0.4 is 5.32 Å². The summed E-state index contributed by atoms with van der Waals surface area (Å²) >= 11 is 0. The van der Waals surface area contributed by atoms with Gasteiger partial charge in [0.05, 0.1) is 11.1 Å². The first-order valence-corrected chi connectivity index (χ1v) is 7.95. The minimum Gasteiger partial charge on any atom is -0.445 e. The summed E-state index contributed by atoms with van der Waals surface area (Å²) in [5, 5.41) is 11.5. The zero-order valence-corrected chi connectivity index (χ0v) is 14.1. The molecule has 0 heterocycles. The van der Waals surface area contributed by atoms with Crippen LogP contribution in [0.1, 0.15) is 28.7 Å². The normalized spacial score (nSPS) is 10.3. The minimum absolute atomic E-state index is 0.146. The van der Waals surface area contributed by atoms with Crippen molar-refractivity contribution in [3.05, 3.63) is 70.8 Å². The number of hydrogen-bond donors (Lipinski definition) is 1. The largest absolute Gasteiger partial charge is 0.445 e. The molecule has 27 heavy (non-hydrogen) atoms. The molecule has 0 saturated carbocycles. The predicted molar refractivity (Wildman–Crippen MR) is 92.3 cm³/mol. The number of benzene rings is 2. The van der Waals surface area contributed by atoms with Crippen LogP contribution in [-0.4, -0.2) is 12.6 Å². The molecule has 2 aromatic rings. The van der Waals surface area contributed by atoms with Gasteiger partial charge in [-0.1, -0.05) is 42.2 Å². The molecule has 0 spiro atoms. The van der Waals surface area contributed by atoms with Crippen LogP contribution in [0.25, 0.3) is 0 Å². The molecule has 0 unspecified atom stereocenters. The van der Waals surface area contributed by atoms with E-state index in [-0.39, 0.29) is 30.7 Å². The van der Waals surface area contributed by atoms with Gasteiger partial charge in [-0.05, 0) is 23.8 Å². The number of ether oxygens (including phenoxy) is 1. The zero-order chi connectivity index (χ0) is 19.7. The van der Waals surface area contributed by atoms with Crippen LogP contribution in [0.15, 0.2) is 48.5 Å². The van der Waals surface area contributed by atoms with Gasteiger partial charge < -0.3 is 10.1 Å². The Morgan fingerprint density at radius 1 is 1.11 bits per heavy atom. The van der Waals surface area contributed by atoms with Crippen LogP contribution in [0.5, 0.6) is 0 Å². The Hall–Kier alpha value is -3.45. The fourth-order valence-electron chi connectivity index (χ4n) is 2.08. The molecular formula is C20H15F3N2O2. The lowest BCUT2D eigenvalue weighted by atomic mass is 10.0. The Labute approximate surface area is 154 Å². The summed E-state index contributed by atoms with van der Waals surface area (Å²) in [6, 6.07) is 13.7. The van der Waals surface area contributed by atoms with E-state index in [4.69, 9.17) is 10.00 Å². The van der Waals surface area contributed by atoms with Crippen LogP contribution in [0.2, 0.25) is 0 Å². The van der Waals surface area contributed by atoms with Gasteiger partial charge in [-0.15, -0.1) is 0 Å². The molecule has 0 aliphatic rings. The fourth-order valence-corrected chi connectivity index (χ4v) is 2.08. The molecule has 0 aromatic heterocycles. The number of nitriles is 1. The van der Waals surface area contributed by atoms with Crippen LogP contribution in [0.4, 0.5) is 18.0 Å². The van der Waals surface area contributed by atoms with E-state index < -0.39 is 17.8 Å². The molecule has 0 aliphatic heterocycles. The maximum atomic E-state index is 12.6. The van der Waals surface area contributed by atoms with Gasteiger partial charge in [-0.2, -0.15) is 18.4 Å². The minimum atomic E-state index is -4.51. The van der Waals surface area contributed by atoms with Crippen LogP contribution >= 0.6 is 0 Å². The predicted octanol–water partition coefficient (Wildman–Crippen LogP) is 4.25. The Bertz CT molecular complexity index is 891. The number of amides is 1. The molecule has 0 aliphatic carbocycles. The van der Waals surface area contributed by atoms with E-state index in [0.717, 1.165) is 23.8 Å². The summed E-state index contributed by atoms with van der Waals surface area (Å²) in [4.78, 5) is 11.6. The molecule has 0 fully saturated rings. The molecule has 0 atom stereocenters. The molecule has 0 bridgehead atoms. The van der Waals surface area contributed by atoms with Gasteiger partial charge in [0.15, 0.2) is 0 Å². The second-order valence-corrected chi connectivity index (χ2v) is 5.41. The lowest BCUT2D eigenvalue weighted by Crippen LogP contribution is -2.24. The Kier molecular flexibility index (Phi) is 6.85. The van der Waals surface area contributed by atoms with Gasteiger partial charge in [0.25, 0.3) is 0 Å². The highest BCUT2D eigenvalue weighted by atomic mass is 19.4. The van der Waals surface area contributed by atoms with E-state index in [1.54, 1.807) is 6.07 Å². The van der Waals surface area contributed by atoms with Crippen molar-refractivity contribution in [1.29, 1.82) is 5.26 Å². The fraction of sp³-hybridized carbons (Fsp3) is 0.200. The van der Waals surface area contributed by atoms with Crippen molar-refractivity contribution in [3.8, 4) is 17.9 Å². The molecule has 1 N–H and O–H groups in total. The van der Waals surface area contributed by atoms with Gasteiger partial charge >= 0.3 is 12.3 Å². The lowest BCUT2D eigenvalue weighted by Gasteiger charge is -2.07. The SMILES string of the molecule is N#Cc1cc(C(F)(F)F)ccc1C#CCCNC(=O)OCc1ccccc1. The van der Waals surface area contributed by atoms with E-state index in [2.05, 4.69) is 17.2 Å². The second kappa shape index (κ2) is 9.30. The van der Waals surface area contributed by atoms with Crippen molar-refractivity contribution in [2.75, 3.05) is 6.54 Å². The number of alkyl carbamates (subject to hydrolysis) is 1. The number of alkyl halides is 3. The number of nitrogens with one attached hydrogen (secondary N) is 1. The third-order valence-corrected chi connectivity index (χ3v) is 3.42. The van der Waals surface area contributed by atoms with E-state index >= 15 is 0 Å². The summed E-state index contributed by atoms with van der Waals surface area (Å²) < 4.78 is 42.9. The first kappa shape index (κ1) is 19.9. The van der Waals surface area contributed by atoms with Crippen molar-refractivity contribution >= 4 is 6.09 Å². The molecule has 0 saturated heterocycles. The van der Waals surface area contributed by atoms with Crippen LogP contribution in [-0.2, 0) is 17.5 Å². The average Bonchev–Trinajstić information content (AvgIpc) is 2.66. The van der Waals surface area contributed by atoms with Crippen molar-refractivity contribution in [2.24, 2.45) is 0 Å². The molecule has 2 aromatic carbocycles. The quantitative estimate of drug-likeness (QED) is 0.645. The summed E-state index contributed by atoms with van der Waals surface area (Å²) in [5.41, 5.74) is 0.0240. The van der Waals surface area contributed by atoms with Crippen molar-refractivity contribution < 1.29 is 22.7 Å². The van der Waals surface area contributed by atoms with Gasteiger partial charge in [0.2, 0.25) is 0 Å². The number of carbonyl (C=O) groups excluding carboxylic acids is 1. The maximum absolute atomic E-state index is 12.6. The summed E-state index contributed by atoms with van der Waals surface area (Å²) in [6.07, 6.45) is -4.85. The topological polar surface area (TPSA) is 62.1 Å². The third kappa shape index (κ3) is 6.41. The second-order valence-electron chi connectivity index (χ2n) is 5.41. The van der Waals surface area contributed by atoms with Crippen LogP contribution in [0, 0.1) is 23.2 Å². The zero-order valence-electron chi connectivity index (χ0n) is 14.1. The van der Waals surface area contributed by atoms with Gasteiger partial charge in [0, 0.05) is 18.5 Å². The Balaban J connectivity index is 1.82. The smallest absolute Gasteiger partial charge is 0.416 e. The highest BCUT2D eigenvalue weighted by molar-refractivity contribution is 5.67. The number of carbonyl (C=O) groups is 1. The molecule has 4 nitrogen and oxygen atoms in total. The third-order valence-electron chi connectivity index (χ3n) is 3.42. The maximum Gasteiger partial charge on any atom is 0.416 e. The molecule has 1 amide bonds. The molecule has 138 valence electrons. The highest BCUT2D eigenvalue weighted by Gasteiger charge is 2.30. The average molecular weight is 372 g/mol. The number of hydrogen-bond acceptors (Lipinski definition) is 3. The van der Waals surface area contributed by atoms with Crippen molar-refractivity contribution in [1.82, 2.24) is 5.32 Å². The summed E-state index contributed by atoms with van der Waals surface area (Å²) in [5.74, 6) is 5.35. The number of rotatable bonds is 4. The first-order chi connectivity index (χ1) is 12.9. The summed E-state index contributed by atoms with van der Waals surface area (Å²) in [6.45, 7) is 0.360. The standard InChI is InChI=1S/C20H15F3N2O2/c21-20(22,23)18-10-9-16(17(12-18)13-24)8-4-5-11-25-19(26)27-14-15-6-2-1-3-7-15/h1-3,6-7,9-10,12H,5,11,14H2,(H,25,26). The molecule has 0 radical (unpaired) electrons. The molecular weight excluding hydrogens is 357 g/mol. The van der Waals surface area contributed by atoms with Crippen molar-refractivity contribution in [2.45, 2.75) is 19.2 Å². The van der Waals surface area contributed by atoms with Crippen molar-refractivity contribution in [3.63, 3.8) is 0 Å². The lowest BCUT2D eigenvalue weighted by molar-refractivity contribution is -0.137. The monoisotopic (exact) mass is 372 g/mol. The highest BCUT2D eigenvalue weighted by Crippen LogP contribution is 2.30. The Morgan fingerprint density at radius 2 is 1.85 bits per heavy atom. The van der Waals surface area contributed by atoms with E-state index in [1.807, 2.05) is 30.3 Å². The number of nitrogens with zero attached hydrogens (tertiary/aromatic N) is 1. The molecule has 7 heteroatoms. The van der Waals surface area contributed by atoms with E-state index in [0.29, 0.717) is 0 Å². The first-order valence-electron chi connectivity index (χ1n) is 7.95. The summed E-state index contributed by atoms with van der Waals surface area (Å²) in [7, 11) is 0. The van der Waals surface area contributed by atoms with Gasteiger partial charge in [0.1, 0.15) is 12.7 Å².